The first kappa shape index (κ1) is 57.1. The fourth-order valence-electron chi connectivity index (χ4n) is 5.05. The number of rotatable bonds is 22. The van der Waals surface area contributed by atoms with Crippen LogP contribution in [-0.4, -0.2) is 136 Å². The molecule has 0 bridgehead atoms. The monoisotopic (exact) mass is 892 g/mol. The predicted molar refractivity (Wildman–Crippen MR) is 214 cm³/mol. The van der Waals surface area contributed by atoms with Crippen LogP contribution in [0.5, 0.6) is 0 Å². The highest BCUT2D eigenvalue weighted by Gasteiger charge is 2.26. The van der Waals surface area contributed by atoms with Crippen LogP contribution >= 0.6 is 0 Å². The Kier molecular flexibility index (Phi) is 28.6. The van der Waals surface area contributed by atoms with Crippen LogP contribution in [0.2, 0.25) is 0 Å². The van der Waals surface area contributed by atoms with Crippen molar-refractivity contribution in [3.8, 4) is 0 Å². The van der Waals surface area contributed by atoms with Gasteiger partial charge in [-0.15, -0.1) is 0 Å². The number of methoxy groups -OCH3 is 2. The summed E-state index contributed by atoms with van der Waals surface area (Å²) in [4.78, 5) is 106. The maximum atomic E-state index is 12.2. The van der Waals surface area contributed by atoms with E-state index in [1.54, 1.807) is 55.4 Å². The average molecular weight is 893 g/mol. The molecule has 0 aromatic carbocycles. The number of ether oxygens (including phenoxy) is 11. The van der Waals surface area contributed by atoms with Crippen LogP contribution < -0.4 is 0 Å². The minimum Gasteiger partial charge on any atom is -0.465 e. The van der Waals surface area contributed by atoms with Gasteiger partial charge in [0.1, 0.15) is 49.3 Å². The van der Waals surface area contributed by atoms with E-state index in [-0.39, 0.29) is 83.2 Å². The molecule has 1 aliphatic heterocycles. The van der Waals surface area contributed by atoms with Gasteiger partial charge in [0.2, 0.25) is 0 Å². The summed E-state index contributed by atoms with van der Waals surface area (Å²) in [5.74, 6) is -5.48. The normalized spacial score (nSPS) is 20.3. The fraction of sp³-hybridized carbons (Fsp3) is 0.786. The molecule has 0 aromatic rings. The Hall–Kier alpha value is -4.85. The summed E-state index contributed by atoms with van der Waals surface area (Å²) in [5, 5.41) is 0. The second-order valence-corrected chi connectivity index (χ2v) is 15.4. The van der Waals surface area contributed by atoms with E-state index in [4.69, 9.17) is 52.1 Å². The van der Waals surface area contributed by atoms with E-state index in [0.717, 1.165) is 0 Å². The molecule has 1 fully saturated rings. The smallest absolute Gasteiger partial charge is 0.312 e. The highest BCUT2D eigenvalue weighted by molar-refractivity contribution is 5.77. The molecule has 20 heteroatoms. The molecule has 10 atom stereocenters. The SMILES string of the molecule is CO[C@H](C)CC(=O)O[C@H](C)CC(=O)O[C@H](C)CC(=O)OCC[C@@H](C)OC(=O)C[C@@H](C)OC(=O)C[C@@H](C)OC(=O)C[C@@H](C)OC.C[C@@H]1CC(=O)OC[C@H](C)C(=O)O[C@H](C)CC(=O)O1. The van der Waals surface area contributed by atoms with Gasteiger partial charge in [0.05, 0.1) is 76.1 Å². The topological polar surface area (TPSA) is 255 Å². The van der Waals surface area contributed by atoms with Crippen LogP contribution in [0.15, 0.2) is 0 Å². The van der Waals surface area contributed by atoms with E-state index in [9.17, 15) is 43.2 Å². The highest BCUT2D eigenvalue weighted by atomic mass is 16.6. The number of carbonyl (C=O) groups excluding carboxylic acids is 9. The largest absolute Gasteiger partial charge is 0.465 e. The zero-order valence-corrected chi connectivity index (χ0v) is 38.2. The number of esters is 9. The third-order valence-corrected chi connectivity index (χ3v) is 8.43. The molecular formula is C42H68O20. The minimum atomic E-state index is -0.768. The van der Waals surface area contributed by atoms with E-state index < -0.39 is 102 Å². The summed E-state index contributed by atoms with van der Waals surface area (Å²) in [6.07, 6.45) is -5.64. The van der Waals surface area contributed by atoms with Crippen LogP contribution in [0.25, 0.3) is 0 Å². The lowest BCUT2D eigenvalue weighted by Crippen LogP contribution is -2.30. The van der Waals surface area contributed by atoms with Crippen molar-refractivity contribution in [1.29, 1.82) is 0 Å². The van der Waals surface area contributed by atoms with Crippen molar-refractivity contribution in [2.75, 3.05) is 27.4 Å². The first-order valence-electron chi connectivity index (χ1n) is 20.7. The van der Waals surface area contributed by atoms with Crippen LogP contribution in [-0.2, 0) is 95.3 Å². The van der Waals surface area contributed by atoms with Crippen LogP contribution in [0.4, 0.5) is 0 Å². The first-order chi connectivity index (χ1) is 28.9. The molecular weight excluding hydrogens is 824 g/mol. The molecule has 356 valence electrons. The lowest BCUT2D eigenvalue weighted by molar-refractivity contribution is -0.167. The zero-order chi connectivity index (χ0) is 47.5. The van der Waals surface area contributed by atoms with Crippen molar-refractivity contribution >= 4 is 53.7 Å². The van der Waals surface area contributed by atoms with E-state index in [0.29, 0.717) is 0 Å². The third kappa shape index (κ3) is 29.4. The summed E-state index contributed by atoms with van der Waals surface area (Å²) in [7, 11) is 2.95. The zero-order valence-electron chi connectivity index (χ0n) is 38.2. The predicted octanol–water partition coefficient (Wildman–Crippen LogP) is 3.81. The standard InChI is InChI=1S/C30H50O14.C12H18O6/c1-18(40-28(34)15-22(5)44-30(36)17-24(7)43-27(33)13-20(3)38-9)10-11-39-25(31)14-21(4)41-29(35)16-23(6)42-26(32)12-19(2)37-8;1-7-6-16-10(13)4-8(2)17-11(14)5-9(3)18-12(7)15/h18-24H,10-17H2,1-9H3;7-9H,4-6H2,1-3H3/t18-,19-,20-,21-,22-,23-,24-;7-,8+,9+/m10/s1. The molecule has 1 saturated heterocycles. The van der Waals surface area contributed by atoms with Gasteiger partial charge in [-0.3, -0.25) is 43.2 Å². The van der Waals surface area contributed by atoms with Crippen molar-refractivity contribution in [3.63, 3.8) is 0 Å². The molecule has 62 heavy (non-hydrogen) atoms. The maximum absolute atomic E-state index is 12.2. The Morgan fingerprint density at radius 1 is 0.500 bits per heavy atom. The summed E-state index contributed by atoms with van der Waals surface area (Å²) >= 11 is 0. The Labute approximate surface area is 363 Å². The lowest BCUT2D eigenvalue weighted by Gasteiger charge is -2.20. The second-order valence-electron chi connectivity index (χ2n) is 15.4. The molecule has 1 aliphatic rings. The van der Waals surface area contributed by atoms with Gasteiger partial charge in [0.15, 0.2) is 0 Å². The Morgan fingerprint density at radius 3 is 1.24 bits per heavy atom. The highest BCUT2D eigenvalue weighted by Crippen LogP contribution is 2.13. The molecule has 0 saturated carbocycles. The van der Waals surface area contributed by atoms with Gasteiger partial charge in [0, 0.05) is 20.6 Å². The summed E-state index contributed by atoms with van der Waals surface area (Å²) in [6, 6.07) is 0. The lowest BCUT2D eigenvalue weighted by atomic mass is 10.2. The van der Waals surface area contributed by atoms with Gasteiger partial charge in [0.25, 0.3) is 0 Å². The number of carbonyl (C=O) groups is 9. The van der Waals surface area contributed by atoms with Crippen LogP contribution in [0.1, 0.15) is 127 Å². The summed E-state index contributed by atoms with van der Waals surface area (Å²) in [5.41, 5.74) is 0. The van der Waals surface area contributed by atoms with Crippen molar-refractivity contribution in [1.82, 2.24) is 0 Å². The molecule has 1 heterocycles. The van der Waals surface area contributed by atoms with Gasteiger partial charge in [-0.2, -0.15) is 0 Å². The van der Waals surface area contributed by atoms with Crippen LogP contribution in [0, 0.1) is 5.92 Å². The quantitative estimate of drug-likeness (QED) is 0.111. The molecule has 0 aromatic heterocycles. The number of cyclic esters (lactones) is 3. The molecule has 20 nitrogen and oxygen atoms in total. The molecule has 0 unspecified atom stereocenters. The van der Waals surface area contributed by atoms with Gasteiger partial charge in [-0.25, -0.2) is 0 Å². The van der Waals surface area contributed by atoms with Crippen molar-refractivity contribution in [3.05, 3.63) is 0 Å². The van der Waals surface area contributed by atoms with Crippen molar-refractivity contribution < 1.29 is 95.3 Å². The first-order valence-corrected chi connectivity index (χ1v) is 20.7. The third-order valence-electron chi connectivity index (χ3n) is 8.43. The second kappa shape index (κ2) is 31.1. The van der Waals surface area contributed by atoms with E-state index in [1.807, 2.05) is 0 Å². The number of hydrogen-bond donors (Lipinski definition) is 0. The average Bonchev–Trinajstić information content (AvgIpc) is 3.12. The van der Waals surface area contributed by atoms with E-state index in [2.05, 4.69) is 0 Å². The van der Waals surface area contributed by atoms with Crippen LogP contribution in [0.3, 0.4) is 0 Å². The van der Waals surface area contributed by atoms with Gasteiger partial charge in [-0.1, -0.05) is 0 Å². The van der Waals surface area contributed by atoms with E-state index in [1.165, 1.54) is 28.1 Å². The summed E-state index contributed by atoms with van der Waals surface area (Å²) in [6.45, 7) is 16.0. The number of hydrogen-bond acceptors (Lipinski definition) is 20. The van der Waals surface area contributed by atoms with Crippen molar-refractivity contribution in [2.45, 2.75) is 182 Å². The Morgan fingerprint density at radius 2 is 0.839 bits per heavy atom. The van der Waals surface area contributed by atoms with Gasteiger partial charge in [-0.05, 0) is 69.2 Å². The molecule has 0 radical (unpaired) electrons. The Bertz CT molecular complexity index is 1450. The molecule has 0 aliphatic carbocycles. The molecule has 1 rings (SSSR count). The fourth-order valence-corrected chi connectivity index (χ4v) is 5.05. The van der Waals surface area contributed by atoms with E-state index >= 15 is 0 Å². The van der Waals surface area contributed by atoms with Gasteiger partial charge < -0.3 is 52.1 Å². The van der Waals surface area contributed by atoms with Crippen molar-refractivity contribution in [2.24, 2.45) is 5.92 Å². The Balaban J connectivity index is 0.00000171. The molecule has 0 N–H and O–H groups in total. The molecule has 0 amide bonds. The summed E-state index contributed by atoms with van der Waals surface area (Å²) < 4.78 is 56.0. The molecule has 0 spiro atoms. The minimum absolute atomic E-state index is 0.0120. The maximum Gasteiger partial charge on any atom is 0.312 e. The van der Waals surface area contributed by atoms with Gasteiger partial charge >= 0.3 is 53.7 Å².